The summed E-state index contributed by atoms with van der Waals surface area (Å²) in [5.41, 5.74) is 2.06. The molecule has 0 spiro atoms. The van der Waals surface area contributed by atoms with Crippen LogP contribution in [0.2, 0.25) is 0 Å². The van der Waals surface area contributed by atoms with Gasteiger partial charge in [-0.1, -0.05) is 12.1 Å². The molecule has 1 fully saturated rings. The van der Waals surface area contributed by atoms with Crippen LogP contribution >= 0.6 is 0 Å². The van der Waals surface area contributed by atoms with Crippen LogP contribution < -0.4 is 14.8 Å². The van der Waals surface area contributed by atoms with E-state index < -0.39 is 5.79 Å². The highest BCUT2D eigenvalue weighted by molar-refractivity contribution is 5.51. The van der Waals surface area contributed by atoms with Crippen molar-refractivity contribution in [3.63, 3.8) is 0 Å². The van der Waals surface area contributed by atoms with Gasteiger partial charge >= 0.3 is 0 Å². The van der Waals surface area contributed by atoms with Crippen LogP contribution in [0.5, 0.6) is 11.5 Å². The normalized spacial score (nSPS) is 24.6. The van der Waals surface area contributed by atoms with E-state index in [0.717, 1.165) is 43.1 Å². The van der Waals surface area contributed by atoms with Gasteiger partial charge in [0.05, 0.1) is 0 Å². The van der Waals surface area contributed by atoms with Gasteiger partial charge in [-0.15, -0.1) is 0 Å². The zero-order valence-corrected chi connectivity index (χ0v) is 13.0. The number of rotatable bonds is 2. The van der Waals surface area contributed by atoms with Crippen molar-refractivity contribution in [1.82, 2.24) is 15.1 Å². The van der Waals surface area contributed by atoms with Crippen LogP contribution in [0.1, 0.15) is 36.9 Å². The highest BCUT2D eigenvalue weighted by Crippen LogP contribution is 2.48. The minimum atomic E-state index is -0.841. The molecule has 0 radical (unpaired) electrons. The fourth-order valence-corrected chi connectivity index (χ4v) is 3.36. The smallest absolute Gasteiger partial charge is 0.294 e. The Hall–Kier alpha value is -2.01. The van der Waals surface area contributed by atoms with E-state index >= 15 is 0 Å². The van der Waals surface area contributed by atoms with Crippen LogP contribution in [0.4, 0.5) is 0 Å². The Kier molecular flexibility index (Phi) is 3.11. The van der Waals surface area contributed by atoms with Gasteiger partial charge in [-0.25, -0.2) is 0 Å². The Morgan fingerprint density at radius 1 is 1.23 bits per heavy atom. The molecule has 5 nitrogen and oxygen atoms in total. The van der Waals surface area contributed by atoms with Gasteiger partial charge in [0.1, 0.15) is 5.69 Å². The summed E-state index contributed by atoms with van der Waals surface area (Å²) in [6.45, 7) is 4.06. The average Bonchev–Trinajstić information content (AvgIpc) is 3.11. The predicted octanol–water partition coefficient (Wildman–Crippen LogP) is 2.53. The first kappa shape index (κ1) is 13.6. The fourth-order valence-electron chi connectivity index (χ4n) is 3.36. The topological polar surface area (TPSA) is 48.3 Å². The minimum Gasteiger partial charge on any atom is -0.443 e. The van der Waals surface area contributed by atoms with E-state index in [1.54, 1.807) is 4.68 Å². The molecule has 1 atom stereocenters. The van der Waals surface area contributed by atoms with Gasteiger partial charge in [-0.3, -0.25) is 4.68 Å². The number of piperidine rings is 1. The van der Waals surface area contributed by atoms with Gasteiger partial charge in [-0.2, -0.15) is 5.10 Å². The number of aromatic nitrogens is 2. The molecule has 0 bridgehead atoms. The van der Waals surface area contributed by atoms with E-state index in [1.165, 1.54) is 5.56 Å². The molecular formula is C17H21N3O2. The first-order chi connectivity index (χ1) is 10.7. The van der Waals surface area contributed by atoms with Crippen LogP contribution in [0.15, 0.2) is 30.5 Å². The summed E-state index contributed by atoms with van der Waals surface area (Å²) in [5, 5.41) is 7.86. The third-order valence-corrected chi connectivity index (χ3v) is 4.57. The molecule has 116 valence electrons. The molecule has 4 rings (SSSR count). The lowest BCUT2D eigenvalue weighted by Crippen LogP contribution is -2.32. The van der Waals surface area contributed by atoms with Gasteiger partial charge in [0, 0.05) is 25.7 Å². The summed E-state index contributed by atoms with van der Waals surface area (Å²) in [7, 11) is 1.90. The zero-order chi connectivity index (χ0) is 15.2. The Balaban J connectivity index is 1.68. The molecule has 0 saturated carbocycles. The summed E-state index contributed by atoms with van der Waals surface area (Å²) in [6.07, 6.45) is 4.18. The molecular weight excluding hydrogens is 278 g/mol. The summed E-state index contributed by atoms with van der Waals surface area (Å²) in [5.74, 6) is 1.41. The van der Waals surface area contributed by atoms with Crippen molar-refractivity contribution in [3.8, 4) is 11.5 Å². The maximum absolute atomic E-state index is 6.26. The molecule has 5 heteroatoms. The van der Waals surface area contributed by atoms with Crippen molar-refractivity contribution in [2.45, 2.75) is 31.5 Å². The van der Waals surface area contributed by atoms with Crippen LogP contribution in [0, 0.1) is 0 Å². The van der Waals surface area contributed by atoms with Gasteiger partial charge in [0.25, 0.3) is 5.79 Å². The molecule has 1 aromatic heterocycles. The van der Waals surface area contributed by atoms with Crippen LogP contribution in [-0.2, 0) is 12.8 Å². The second kappa shape index (κ2) is 5.02. The SMILES string of the molecule is Cn1ccc(C2(C)Oc3cccc(C4CCNCC4)c3O2)n1. The standard InChI is InChI=1S/C17H21N3O2/c1-17(15-8-11-20(2)19-15)21-14-5-3-4-13(16(14)22-17)12-6-9-18-10-7-12/h3-5,8,11-12,18H,6-7,9-10H2,1-2H3. The highest BCUT2D eigenvalue weighted by atomic mass is 16.7. The number of hydrogen-bond acceptors (Lipinski definition) is 4. The van der Waals surface area contributed by atoms with Crippen molar-refractivity contribution in [2.24, 2.45) is 7.05 Å². The lowest BCUT2D eigenvalue weighted by Gasteiger charge is -2.25. The summed E-state index contributed by atoms with van der Waals surface area (Å²) in [6, 6.07) is 8.15. The predicted molar refractivity (Wildman–Crippen MR) is 83.1 cm³/mol. The first-order valence-electron chi connectivity index (χ1n) is 7.87. The lowest BCUT2D eigenvalue weighted by atomic mass is 9.89. The molecule has 3 heterocycles. The van der Waals surface area contributed by atoms with Gasteiger partial charge in [0.15, 0.2) is 11.5 Å². The van der Waals surface area contributed by atoms with Crippen molar-refractivity contribution in [3.05, 3.63) is 41.7 Å². The highest BCUT2D eigenvalue weighted by Gasteiger charge is 2.42. The Morgan fingerprint density at radius 2 is 2.05 bits per heavy atom. The largest absolute Gasteiger partial charge is 0.443 e. The molecule has 1 unspecified atom stereocenters. The monoisotopic (exact) mass is 299 g/mol. The second-order valence-electron chi connectivity index (χ2n) is 6.22. The maximum Gasteiger partial charge on any atom is 0.294 e. The van der Waals surface area contributed by atoms with Crippen molar-refractivity contribution in [2.75, 3.05) is 13.1 Å². The number of benzene rings is 1. The number of para-hydroxylation sites is 1. The van der Waals surface area contributed by atoms with E-state index in [0.29, 0.717) is 5.92 Å². The molecule has 1 N–H and O–H groups in total. The van der Waals surface area contributed by atoms with E-state index in [1.807, 2.05) is 32.3 Å². The van der Waals surface area contributed by atoms with Crippen LogP contribution in [0.25, 0.3) is 0 Å². The third-order valence-electron chi connectivity index (χ3n) is 4.57. The molecule has 2 aromatic rings. The lowest BCUT2D eigenvalue weighted by molar-refractivity contribution is -0.0725. The zero-order valence-electron chi connectivity index (χ0n) is 13.0. The maximum atomic E-state index is 6.26. The summed E-state index contributed by atoms with van der Waals surface area (Å²) in [4.78, 5) is 0. The van der Waals surface area contributed by atoms with E-state index in [2.05, 4.69) is 22.5 Å². The fraction of sp³-hybridized carbons (Fsp3) is 0.471. The minimum absolute atomic E-state index is 0.533. The first-order valence-corrected chi connectivity index (χ1v) is 7.87. The Bertz CT molecular complexity index is 691. The number of nitrogens with zero attached hydrogens (tertiary/aromatic N) is 2. The van der Waals surface area contributed by atoms with E-state index in [4.69, 9.17) is 9.47 Å². The number of fused-ring (bicyclic) bond motifs is 1. The molecule has 1 aromatic carbocycles. The van der Waals surface area contributed by atoms with Crippen LogP contribution in [-0.4, -0.2) is 22.9 Å². The molecule has 22 heavy (non-hydrogen) atoms. The van der Waals surface area contributed by atoms with Crippen molar-refractivity contribution in [1.29, 1.82) is 0 Å². The van der Waals surface area contributed by atoms with Gasteiger partial charge < -0.3 is 14.8 Å². The van der Waals surface area contributed by atoms with Crippen molar-refractivity contribution < 1.29 is 9.47 Å². The second-order valence-corrected chi connectivity index (χ2v) is 6.22. The molecule has 2 aliphatic heterocycles. The number of hydrogen-bond donors (Lipinski definition) is 1. The van der Waals surface area contributed by atoms with Gasteiger partial charge in [-0.05, 0) is 44.0 Å². The number of ether oxygens (including phenoxy) is 2. The summed E-state index contributed by atoms with van der Waals surface area (Å²) < 4.78 is 14.1. The quantitative estimate of drug-likeness (QED) is 0.926. The molecule has 2 aliphatic rings. The number of aryl methyl sites for hydroxylation is 1. The van der Waals surface area contributed by atoms with Crippen molar-refractivity contribution >= 4 is 0 Å². The summed E-state index contributed by atoms with van der Waals surface area (Å²) >= 11 is 0. The molecule has 1 saturated heterocycles. The third kappa shape index (κ3) is 2.16. The Morgan fingerprint density at radius 3 is 2.77 bits per heavy atom. The van der Waals surface area contributed by atoms with Gasteiger partial charge in [0.2, 0.25) is 0 Å². The van der Waals surface area contributed by atoms with E-state index in [9.17, 15) is 0 Å². The average molecular weight is 299 g/mol. The number of nitrogens with one attached hydrogen (secondary N) is 1. The Labute approximate surface area is 130 Å². The molecule has 0 aliphatic carbocycles. The molecule has 0 amide bonds. The van der Waals surface area contributed by atoms with E-state index in [-0.39, 0.29) is 0 Å². The van der Waals surface area contributed by atoms with Crippen LogP contribution in [0.3, 0.4) is 0 Å².